The Labute approximate surface area is 246 Å². The lowest BCUT2D eigenvalue weighted by Crippen LogP contribution is -2.42. The van der Waals surface area contributed by atoms with E-state index >= 15 is 0 Å². The smallest absolute Gasteiger partial charge is 0.410 e. The van der Waals surface area contributed by atoms with Crippen LogP contribution in [0.15, 0.2) is 55.0 Å². The summed E-state index contributed by atoms with van der Waals surface area (Å²) in [7, 11) is 0. The minimum absolute atomic E-state index is 0.0630. The third-order valence-corrected chi connectivity index (χ3v) is 7.88. The van der Waals surface area contributed by atoms with E-state index in [1.54, 1.807) is 17.2 Å². The highest BCUT2D eigenvalue weighted by Gasteiger charge is 2.28. The van der Waals surface area contributed by atoms with Crippen LogP contribution < -0.4 is 15.4 Å². The van der Waals surface area contributed by atoms with Crippen LogP contribution in [-0.2, 0) is 16.1 Å². The van der Waals surface area contributed by atoms with Gasteiger partial charge in [-0.2, -0.15) is 0 Å². The molecule has 12 heteroatoms. The van der Waals surface area contributed by atoms with Crippen LogP contribution in [0.25, 0.3) is 10.2 Å². The summed E-state index contributed by atoms with van der Waals surface area (Å²) in [4.78, 5) is 28.9. The maximum absolute atomic E-state index is 12.4. The normalized spacial score (nSPS) is 18.5. The van der Waals surface area contributed by atoms with Gasteiger partial charge in [-0.25, -0.2) is 14.8 Å². The maximum atomic E-state index is 12.4. The van der Waals surface area contributed by atoms with Crippen LogP contribution in [0.1, 0.15) is 17.0 Å². The van der Waals surface area contributed by atoms with Crippen molar-refractivity contribution in [2.24, 2.45) is 0 Å². The second-order valence-electron chi connectivity index (χ2n) is 9.50. The Morgan fingerprint density at radius 2 is 2.10 bits per heavy atom. The topological polar surface area (TPSA) is 111 Å². The monoisotopic (exact) mass is 590 g/mol. The summed E-state index contributed by atoms with van der Waals surface area (Å²) >= 11 is 7.99. The zero-order chi connectivity index (χ0) is 28.0. The van der Waals surface area contributed by atoms with E-state index in [-0.39, 0.29) is 18.2 Å². The van der Waals surface area contributed by atoms with Gasteiger partial charge in [0.05, 0.1) is 40.2 Å². The molecule has 0 saturated carbocycles. The Morgan fingerprint density at radius 1 is 1.20 bits per heavy atom. The molecule has 210 valence electrons. The van der Waals surface area contributed by atoms with Gasteiger partial charge in [0.25, 0.3) is 0 Å². The van der Waals surface area contributed by atoms with Crippen LogP contribution in [0.2, 0.25) is 5.02 Å². The van der Waals surface area contributed by atoms with Crippen LogP contribution >= 0.6 is 22.9 Å². The number of rotatable bonds is 6. The second-order valence-corrected chi connectivity index (χ2v) is 10.9. The summed E-state index contributed by atoms with van der Waals surface area (Å²) in [6.07, 6.45) is 3.40. The van der Waals surface area contributed by atoms with Crippen molar-refractivity contribution in [1.82, 2.24) is 25.2 Å². The van der Waals surface area contributed by atoms with Crippen molar-refractivity contribution >= 4 is 50.8 Å². The first-order valence-electron chi connectivity index (χ1n) is 13.2. The first kappa shape index (κ1) is 27.2. The van der Waals surface area contributed by atoms with Crippen LogP contribution in [0.3, 0.4) is 0 Å². The van der Waals surface area contributed by atoms with Crippen LogP contribution in [0, 0.1) is 11.8 Å². The van der Waals surface area contributed by atoms with Gasteiger partial charge in [-0.05, 0) is 36.4 Å². The third kappa shape index (κ3) is 6.86. The van der Waals surface area contributed by atoms with Crippen molar-refractivity contribution in [1.29, 1.82) is 0 Å². The van der Waals surface area contributed by atoms with Crippen molar-refractivity contribution in [3.63, 3.8) is 0 Å². The van der Waals surface area contributed by atoms with Gasteiger partial charge >= 0.3 is 6.09 Å². The van der Waals surface area contributed by atoms with Gasteiger partial charge in [-0.15, -0.1) is 11.3 Å². The van der Waals surface area contributed by atoms with E-state index in [4.69, 9.17) is 25.8 Å². The fraction of sp³-hybridized carbons (Fsp3) is 0.310. The number of fused-ring (bicyclic) bond motifs is 1. The summed E-state index contributed by atoms with van der Waals surface area (Å²) in [5.74, 6) is 7.75. The Hall–Kier alpha value is -3.95. The molecule has 3 aromatic heterocycles. The molecule has 4 aromatic rings. The molecule has 1 aromatic carbocycles. The lowest BCUT2D eigenvalue weighted by atomic mass is 10.2. The minimum atomic E-state index is -0.287. The fourth-order valence-corrected chi connectivity index (χ4v) is 5.60. The van der Waals surface area contributed by atoms with E-state index in [0.717, 1.165) is 26.5 Å². The van der Waals surface area contributed by atoms with Crippen molar-refractivity contribution in [2.75, 3.05) is 38.2 Å². The number of benzene rings is 1. The highest BCUT2D eigenvalue weighted by atomic mass is 35.5. The van der Waals surface area contributed by atoms with Crippen molar-refractivity contribution < 1.29 is 19.0 Å². The van der Waals surface area contributed by atoms with Gasteiger partial charge in [0, 0.05) is 37.9 Å². The number of ether oxygens (including phenoxy) is 3. The van der Waals surface area contributed by atoms with Gasteiger partial charge in [0.15, 0.2) is 0 Å². The lowest BCUT2D eigenvalue weighted by Gasteiger charge is -2.27. The number of halogens is 1. The number of hydrogen-bond acceptors (Lipinski definition) is 10. The molecule has 0 radical (unpaired) electrons. The molecule has 2 aliphatic heterocycles. The second kappa shape index (κ2) is 12.7. The summed E-state index contributed by atoms with van der Waals surface area (Å²) in [6, 6.07) is 13.1. The molecule has 0 aliphatic carbocycles. The number of hydrogen-bond donors (Lipinski definition) is 2. The Kier molecular flexibility index (Phi) is 8.44. The van der Waals surface area contributed by atoms with Crippen LogP contribution in [0.4, 0.5) is 16.3 Å². The molecule has 10 nitrogen and oxygen atoms in total. The quantitative estimate of drug-likeness (QED) is 0.311. The summed E-state index contributed by atoms with van der Waals surface area (Å²) < 4.78 is 16.8. The highest BCUT2D eigenvalue weighted by Crippen LogP contribution is 2.33. The van der Waals surface area contributed by atoms with E-state index in [1.165, 1.54) is 17.7 Å². The Morgan fingerprint density at radius 3 is 2.93 bits per heavy atom. The molecule has 41 heavy (non-hydrogen) atoms. The average Bonchev–Trinajstić information content (AvgIpc) is 3.64. The van der Waals surface area contributed by atoms with Crippen LogP contribution in [0.5, 0.6) is 5.75 Å². The fourth-order valence-electron chi connectivity index (χ4n) is 4.51. The van der Waals surface area contributed by atoms with Gasteiger partial charge in [0.1, 0.15) is 35.4 Å². The zero-order valence-corrected chi connectivity index (χ0v) is 23.6. The van der Waals surface area contributed by atoms with E-state index in [9.17, 15) is 4.79 Å². The number of aromatic nitrogens is 3. The maximum Gasteiger partial charge on any atom is 0.410 e. The minimum Gasteiger partial charge on any atom is -0.486 e. The summed E-state index contributed by atoms with van der Waals surface area (Å²) in [5.41, 5.74) is 1.59. The highest BCUT2D eigenvalue weighted by molar-refractivity contribution is 7.19. The zero-order valence-electron chi connectivity index (χ0n) is 22.0. The number of carbonyl (C=O) groups excluding carboxylic acids is 1. The van der Waals surface area contributed by atoms with Crippen molar-refractivity contribution in [2.45, 2.75) is 25.2 Å². The molecular formula is C29H27ClN6O4S. The van der Waals surface area contributed by atoms with E-state index in [1.807, 2.05) is 36.4 Å². The van der Waals surface area contributed by atoms with E-state index in [0.29, 0.717) is 62.5 Å². The molecule has 2 saturated heterocycles. The third-order valence-electron chi connectivity index (χ3n) is 6.62. The Bertz CT molecular complexity index is 1580. The Balaban J connectivity index is 1.08. The number of anilines is 2. The molecule has 2 fully saturated rings. The first-order valence-corrected chi connectivity index (χ1v) is 14.4. The van der Waals surface area contributed by atoms with Gasteiger partial charge in [-0.3, -0.25) is 10.3 Å². The number of morpholine rings is 1. The summed E-state index contributed by atoms with van der Waals surface area (Å²) in [5, 5.41) is 8.01. The molecule has 2 aliphatic rings. The largest absolute Gasteiger partial charge is 0.486 e. The van der Waals surface area contributed by atoms with Crippen LogP contribution in [-0.4, -0.2) is 70.9 Å². The molecule has 5 heterocycles. The first-order chi connectivity index (χ1) is 20.1. The molecule has 6 rings (SSSR count). The van der Waals surface area contributed by atoms with E-state index < -0.39 is 0 Å². The molecule has 0 spiro atoms. The van der Waals surface area contributed by atoms with Gasteiger partial charge < -0.3 is 24.4 Å². The van der Waals surface area contributed by atoms with E-state index in [2.05, 4.69) is 37.4 Å². The number of nitrogens with one attached hydrogen (secondary N) is 2. The number of pyridine rings is 1. The SMILES string of the molecule is O=C(O[C@H]1CN[C@@H](C#Cc2cc3c(Nc4ccc(OCc5ccccn5)c(Cl)c4)ncnc3s2)C1)N1CCOCC1. The number of nitrogens with zero attached hydrogens (tertiary/aromatic N) is 4. The summed E-state index contributed by atoms with van der Waals surface area (Å²) in [6.45, 7) is 3.13. The number of thiophene rings is 1. The molecule has 2 N–H and O–H groups in total. The predicted molar refractivity (Wildman–Crippen MR) is 157 cm³/mol. The molecule has 0 bridgehead atoms. The van der Waals surface area contributed by atoms with Crippen molar-refractivity contribution in [3.8, 4) is 17.6 Å². The van der Waals surface area contributed by atoms with Gasteiger partial charge in [-0.1, -0.05) is 29.5 Å². The molecule has 1 amide bonds. The average molecular weight is 591 g/mol. The van der Waals surface area contributed by atoms with Gasteiger partial charge in [0.2, 0.25) is 0 Å². The lowest BCUT2D eigenvalue weighted by molar-refractivity contribution is 0.0156. The molecule has 2 atom stereocenters. The number of carbonyl (C=O) groups is 1. The number of amides is 1. The molecular weight excluding hydrogens is 564 g/mol. The predicted octanol–water partition coefficient (Wildman–Crippen LogP) is 4.61. The van der Waals surface area contributed by atoms with Crippen molar-refractivity contribution in [3.05, 3.63) is 70.6 Å². The standard InChI is InChI=1S/C29H27ClN6O4S/c30-25-14-20(5-7-26(25)39-17-21-3-1-2-8-31-21)35-27-24-15-23(41-28(24)34-18-33-27)6-4-19-13-22(16-32-19)40-29(37)36-9-11-38-12-10-36/h1-3,5,7-8,14-15,18-19,22,32H,9-13,16-17H2,(H,33,34,35)/t19-,22+/m0/s1. The molecule has 0 unspecified atom stereocenters.